The Hall–Kier alpha value is -3.33. The molecule has 1 heterocycles. The first-order valence-corrected chi connectivity index (χ1v) is 9.46. The lowest BCUT2D eigenvalue weighted by Crippen LogP contribution is -2.20. The zero-order valence-electron chi connectivity index (χ0n) is 15.5. The summed E-state index contributed by atoms with van der Waals surface area (Å²) in [6.07, 6.45) is 1.46. The first kappa shape index (κ1) is 20.4. The van der Waals surface area contributed by atoms with Crippen LogP contribution in [0.2, 0.25) is 0 Å². The Morgan fingerprint density at radius 2 is 2.00 bits per heavy atom. The molecule has 0 atom stereocenters. The van der Waals surface area contributed by atoms with E-state index in [2.05, 4.69) is 26.5 Å². The number of amides is 2. The summed E-state index contributed by atoms with van der Waals surface area (Å²) in [4.78, 5) is 23.1. The summed E-state index contributed by atoms with van der Waals surface area (Å²) in [5.74, 6) is -0.0774. The first-order chi connectivity index (χ1) is 14.0. The average Bonchev–Trinajstić information content (AvgIpc) is 3.10. The van der Waals surface area contributed by atoms with Crippen molar-refractivity contribution in [2.45, 2.75) is 6.92 Å². The number of furan rings is 1. The standard InChI is InChI=1S/C20H18BrN3O5/c1-2-27-17-7-12(3-5-16(17)28-11-19(22)25)10-23-24-20(26)18-9-13-8-14(21)4-6-15(13)29-18/h3-10H,2,11H2,1H3,(H2,22,25)(H,24,26)/b23-10+. The highest BCUT2D eigenvalue weighted by Crippen LogP contribution is 2.28. The third-order valence-corrected chi connectivity index (χ3v) is 4.21. The van der Waals surface area contributed by atoms with Crippen LogP contribution in [0.3, 0.4) is 0 Å². The third-order valence-electron chi connectivity index (χ3n) is 3.72. The molecule has 0 aliphatic rings. The number of hydrogen-bond donors (Lipinski definition) is 2. The van der Waals surface area contributed by atoms with Crippen LogP contribution in [0.15, 0.2) is 56.5 Å². The lowest BCUT2D eigenvalue weighted by Gasteiger charge is -2.11. The first-order valence-electron chi connectivity index (χ1n) is 8.66. The van der Waals surface area contributed by atoms with Crippen LogP contribution in [0.4, 0.5) is 0 Å². The molecule has 0 aliphatic heterocycles. The number of carbonyl (C=O) groups excluding carboxylic acids is 2. The Morgan fingerprint density at radius 1 is 1.17 bits per heavy atom. The van der Waals surface area contributed by atoms with Gasteiger partial charge in [0.2, 0.25) is 0 Å². The van der Waals surface area contributed by atoms with Gasteiger partial charge in [0.1, 0.15) is 5.58 Å². The Labute approximate surface area is 174 Å². The molecule has 150 valence electrons. The molecular formula is C20H18BrN3O5. The van der Waals surface area contributed by atoms with Gasteiger partial charge < -0.3 is 19.6 Å². The van der Waals surface area contributed by atoms with E-state index in [1.807, 2.05) is 19.1 Å². The molecule has 3 rings (SSSR count). The molecule has 0 saturated heterocycles. The van der Waals surface area contributed by atoms with Crippen molar-refractivity contribution in [1.82, 2.24) is 5.43 Å². The Kier molecular flexibility index (Phi) is 6.50. The number of halogens is 1. The Morgan fingerprint density at radius 3 is 2.76 bits per heavy atom. The van der Waals surface area contributed by atoms with Gasteiger partial charge in [0.05, 0.1) is 12.8 Å². The SMILES string of the molecule is CCOc1cc(/C=N/NC(=O)c2cc3cc(Br)ccc3o2)ccc1OCC(N)=O. The van der Waals surface area contributed by atoms with Gasteiger partial charge in [0.25, 0.3) is 5.91 Å². The van der Waals surface area contributed by atoms with Gasteiger partial charge in [0, 0.05) is 9.86 Å². The van der Waals surface area contributed by atoms with E-state index in [9.17, 15) is 9.59 Å². The second-order valence-electron chi connectivity index (χ2n) is 5.89. The summed E-state index contributed by atoms with van der Waals surface area (Å²) in [7, 11) is 0. The molecule has 3 N–H and O–H groups in total. The van der Waals surface area contributed by atoms with Crippen molar-refractivity contribution in [2.75, 3.05) is 13.2 Å². The Balaban J connectivity index is 1.68. The molecule has 2 amide bonds. The fourth-order valence-corrected chi connectivity index (χ4v) is 2.87. The van der Waals surface area contributed by atoms with Crippen LogP contribution in [0.25, 0.3) is 11.0 Å². The number of ether oxygens (including phenoxy) is 2. The van der Waals surface area contributed by atoms with Gasteiger partial charge in [-0.1, -0.05) is 15.9 Å². The molecule has 0 bridgehead atoms. The molecule has 29 heavy (non-hydrogen) atoms. The molecule has 0 saturated carbocycles. The highest BCUT2D eigenvalue weighted by molar-refractivity contribution is 9.10. The van der Waals surface area contributed by atoms with Crippen LogP contribution in [-0.2, 0) is 4.79 Å². The van der Waals surface area contributed by atoms with Gasteiger partial charge in [-0.05, 0) is 55.0 Å². The minimum atomic E-state index is -0.584. The zero-order chi connectivity index (χ0) is 20.8. The molecule has 8 nitrogen and oxygen atoms in total. The molecule has 0 aliphatic carbocycles. The van der Waals surface area contributed by atoms with Crippen LogP contribution >= 0.6 is 15.9 Å². The number of benzene rings is 2. The number of rotatable bonds is 8. The Bertz CT molecular complexity index is 1080. The van der Waals surface area contributed by atoms with Crippen molar-refractivity contribution in [3.63, 3.8) is 0 Å². The second kappa shape index (κ2) is 9.24. The lowest BCUT2D eigenvalue weighted by molar-refractivity contribution is -0.119. The summed E-state index contributed by atoms with van der Waals surface area (Å²) in [5, 5.41) is 4.75. The highest BCUT2D eigenvalue weighted by Gasteiger charge is 2.12. The van der Waals surface area contributed by atoms with Crippen molar-refractivity contribution >= 4 is 44.9 Å². The minimum Gasteiger partial charge on any atom is -0.490 e. The highest BCUT2D eigenvalue weighted by atomic mass is 79.9. The normalized spacial score (nSPS) is 11.0. The molecule has 2 aromatic carbocycles. The number of nitrogens with one attached hydrogen (secondary N) is 1. The van der Waals surface area contributed by atoms with E-state index < -0.39 is 11.8 Å². The van der Waals surface area contributed by atoms with Crippen LogP contribution in [0.5, 0.6) is 11.5 Å². The molecule has 0 unspecified atom stereocenters. The van der Waals surface area contributed by atoms with Crippen molar-refractivity contribution in [3.05, 3.63) is 58.3 Å². The number of hydrazone groups is 1. The van der Waals surface area contributed by atoms with Crippen LogP contribution < -0.4 is 20.6 Å². The number of hydrogen-bond acceptors (Lipinski definition) is 6. The number of nitrogens with two attached hydrogens (primary N) is 1. The van der Waals surface area contributed by atoms with Gasteiger partial charge in [-0.3, -0.25) is 9.59 Å². The fraction of sp³-hybridized carbons (Fsp3) is 0.150. The van der Waals surface area contributed by atoms with Crippen LogP contribution in [0.1, 0.15) is 23.0 Å². The van der Waals surface area contributed by atoms with E-state index in [1.54, 1.807) is 30.3 Å². The van der Waals surface area contributed by atoms with E-state index in [1.165, 1.54) is 6.21 Å². The maximum absolute atomic E-state index is 12.2. The van der Waals surface area contributed by atoms with Crippen molar-refractivity contribution in [1.29, 1.82) is 0 Å². The van der Waals surface area contributed by atoms with Gasteiger partial charge >= 0.3 is 5.91 Å². The van der Waals surface area contributed by atoms with Gasteiger partial charge in [-0.25, -0.2) is 5.43 Å². The summed E-state index contributed by atoms with van der Waals surface area (Å²) < 4.78 is 17.2. The van der Waals surface area contributed by atoms with E-state index >= 15 is 0 Å². The molecule has 0 fully saturated rings. The molecule has 0 radical (unpaired) electrons. The van der Waals surface area contributed by atoms with E-state index in [-0.39, 0.29) is 12.4 Å². The lowest BCUT2D eigenvalue weighted by atomic mass is 10.2. The molecule has 3 aromatic rings. The van der Waals surface area contributed by atoms with Gasteiger partial charge in [0.15, 0.2) is 23.9 Å². The van der Waals surface area contributed by atoms with E-state index in [4.69, 9.17) is 19.6 Å². The smallest absolute Gasteiger partial charge is 0.307 e. The molecule has 0 spiro atoms. The number of carbonyl (C=O) groups is 2. The monoisotopic (exact) mass is 459 g/mol. The van der Waals surface area contributed by atoms with Gasteiger partial charge in [-0.2, -0.15) is 5.10 Å². The molecule has 9 heteroatoms. The average molecular weight is 460 g/mol. The predicted octanol–water partition coefficient (Wildman–Crippen LogP) is 3.22. The zero-order valence-corrected chi connectivity index (χ0v) is 17.1. The molecule has 1 aromatic heterocycles. The quantitative estimate of drug-likeness (QED) is 0.396. The molecular weight excluding hydrogens is 442 g/mol. The summed E-state index contributed by atoms with van der Waals surface area (Å²) >= 11 is 3.38. The second-order valence-corrected chi connectivity index (χ2v) is 6.80. The maximum Gasteiger partial charge on any atom is 0.307 e. The topological polar surface area (TPSA) is 116 Å². The van der Waals surface area contributed by atoms with Crippen molar-refractivity contribution in [3.8, 4) is 11.5 Å². The van der Waals surface area contributed by atoms with Crippen LogP contribution in [0, 0.1) is 0 Å². The summed E-state index contributed by atoms with van der Waals surface area (Å²) in [6, 6.07) is 12.1. The summed E-state index contributed by atoms with van der Waals surface area (Å²) in [6.45, 7) is 1.98. The van der Waals surface area contributed by atoms with Crippen LogP contribution in [-0.4, -0.2) is 31.2 Å². The van der Waals surface area contributed by atoms with E-state index in [0.29, 0.717) is 29.3 Å². The van der Waals surface area contributed by atoms with Gasteiger partial charge in [-0.15, -0.1) is 0 Å². The fourth-order valence-electron chi connectivity index (χ4n) is 2.49. The van der Waals surface area contributed by atoms with Crippen molar-refractivity contribution < 1.29 is 23.5 Å². The largest absolute Gasteiger partial charge is 0.490 e. The minimum absolute atomic E-state index is 0.153. The van der Waals surface area contributed by atoms with Crippen molar-refractivity contribution in [2.24, 2.45) is 10.8 Å². The summed E-state index contributed by atoms with van der Waals surface area (Å²) in [5.41, 5.74) is 8.78. The number of fused-ring (bicyclic) bond motifs is 1. The van der Waals surface area contributed by atoms with E-state index in [0.717, 1.165) is 9.86 Å². The third kappa shape index (κ3) is 5.35. The number of nitrogens with zero attached hydrogens (tertiary/aromatic N) is 1. The predicted molar refractivity (Wildman–Crippen MR) is 111 cm³/mol. The maximum atomic E-state index is 12.2. The number of primary amides is 1.